The highest BCUT2D eigenvalue weighted by atomic mass is 35.5. The molecule has 0 spiro atoms. The minimum absolute atomic E-state index is 0.282. The van der Waals surface area contributed by atoms with Crippen LogP contribution in [0.15, 0.2) is 43.2 Å². The van der Waals surface area contributed by atoms with Gasteiger partial charge in [-0.2, -0.15) is 0 Å². The van der Waals surface area contributed by atoms with Gasteiger partial charge in [0, 0.05) is 29.6 Å². The molecular weight excluding hydrogens is 288 g/mol. The molecule has 2 N–H and O–H groups in total. The molecule has 0 fully saturated rings. The fourth-order valence-electron chi connectivity index (χ4n) is 1.64. The number of aromatic nitrogens is 2. The van der Waals surface area contributed by atoms with Crippen LogP contribution in [0.5, 0.6) is 0 Å². The van der Waals surface area contributed by atoms with Gasteiger partial charge in [-0.15, -0.1) is 6.58 Å². The normalized spacial score (nSPS) is 10.0. The molecule has 0 atom stereocenters. The molecule has 0 bridgehead atoms. The van der Waals surface area contributed by atoms with Crippen molar-refractivity contribution in [2.24, 2.45) is 0 Å². The lowest BCUT2D eigenvalue weighted by Gasteiger charge is -2.09. The van der Waals surface area contributed by atoms with E-state index in [0.29, 0.717) is 28.8 Å². The van der Waals surface area contributed by atoms with Gasteiger partial charge in [0.15, 0.2) is 0 Å². The number of anilines is 2. The van der Waals surface area contributed by atoms with E-state index >= 15 is 0 Å². The Balaban J connectivity index is 2.09. The number of amides is 1. The van der Waals surface area contributed by atoms with Crippen LogP contribution in [0.3, 0.4) is 0 Å². The number of nitrogens with one attached hydrogen (secondary N) is 2. The summed E-state index contributed by atoms with van der Waals surface area (Å²) in [4.78, 5) is 20.3. The van der Waals surface area contributed by atoms with Gasteiger partial charge in [0.2, 0.25) is 5.95 Å². The third-order valence-corrected chi connectivity index (χ3v) is 3.24. The van der Waals surface area contributed by atoms with Crippen molar-refractivity contribution in [3.05, 3.63) is 59.4 Å². The van der Waals surface area contributed by atoms with Gasteiger partial charge in [0.25, 0.3) is 5.91 Å². The first kappa shape index (κ1) is 15.0. The van der Waals surface area contributed by atoms with E-state index in [1.165, 1.54) is 12.4 Å². The van der Waals surface area contributed by atoms with Gasteiger partial charge < -0.3 is 10.6 Å². The summed E-state index contributed by atoms with van der Waals surface area (Å²) in [5.41, 5.74) is 1.86. The van der Waals surface area contributed by atoms with E-state index in [4.69, 9.17) is 11.6 Å². The summed E-state index contributed by atoms with van der Waals surface area (Å²) in [6.45, 7) is 6.00. The zero-order valence-electron chi connectivity index (χ0n) is 11.6. The van der Waals surface area contributed by atoms with Crippen molar-refractivity contribution >= 4 is 29.1 Å². The molecule has 1 heterocycles. The lowest BCUT2D eigenvalue weighted by molar-refractivity contribution is 0.102. The maximum atomic E-state index is 12.1. The number of hydrogen-bond acceptors (Lipinski definition) is 4. The van der Waals surface area contributed by atoms with Crippen LogP contribution < -0.4 is 10.6 Å². The highest BCUT2D eigenvalue weighted by molar-refractivity contribution is 6.31. The molecule has 2 rings (SSSR count). The first-order valence-electron chi connectivity index (χ1n) is 6.35. The molecule has 6 heteroatoms. The highest BCUT2D eigenvalue weighted by Crippen LogP contribution is 2.23. The van der Waals surface area contributed by atoms with Gasteiger partial charge in [-0.25, -0.2) is 9.97 Å². The Morgan fingerprint density at radius 1 is 1.38 bits per heavy atom. The Bertz CT molecular complexity index is 655. The fourth-order valence-corrected chi connectivity index (χ4v) is 1.81. The van der Waals surface area contributed by atoms with E-state index in [2.05, 4.69) is 27.2 Å². The minimum atomic E-state index is -0.282. The van der Waals surface area contributed by atoms with Gasteiger partial charge >= 0.3 is 0 Å². The van der Waals surface area contributed by atoms with Crippen molar-refractivity contribution in [3.8, 4) is 0 Å². The molecular formula is C15H15ClN4O. The molecule has 1 amide bonds. The van der Waals surface area contributed by atoms with Crippen LogP contribution in [0.25, 0.3) is 0 Å². The number of carbonyl (C=O) groups is 1. The van der Waals surface area contributed by atoms with E-state index in [0.717, 1.165) is 5.56 Å². The Kier molecular flexibility index (Phi) is 4.90. The summed E-state index contributed by atoms with van der Waals surface area (Å²) < 4.78 is 0. The van der Waals surface area contributed by atoms with Crippen LogP contribution in [-0.4, -0.2) is 22.4 Å². The van der Waals surface area contributed by atoms with Crippen LogP contribution in [0.2, 0.25) is 5.02 Å². The van der Waals surface area contributed by atoms with Gasteiger partial charge in [-0.05, 0) is 24.6 Å². The molecule has 0 aliphatic carbocycles. The predicted octanol–water partition coefficient (Wildman–Crippen LogP) is 3.29. The maximum absolute atomic E-state index is 12.1. The van der Waals surface area contributed by atoms with Crippen molar-refractivity contribution in [1.82, 2.24) is 9.97 Å². The molecule has 1 aromatic carbocycles. The van der Waals surface area contributed by atoms with Gasteiger partial charge in [-0.3, -0.25) is 4.79 Å². The number of nitrogens with zero attached hydrogens (tertiary/aromatic N) is 2. The van der Waals surface area contributed by atoms with Crippen LogP contribution in [0, 0.1) is 6.92 Å². The minimum Gasteiger partial charge on any atom is -0.351 e. The summed E-state index contributed by atoms with van der Waals surface area (Å²) in [6, 6.07) is 5.35. The molecule has 0 aliphatic heterocycles. The molecule has 0 saturated heterocycles. The second-order valence-corrected chi connectivity index (χ2v) is 4.74. The van der Waals surface area contributed by atoms with E-state index in [-0.39, 0.29) is 5.91 Å². The van der Waals surface area contributed by atoms with E-state index < -0.39 is 0 Å². The molecule has 5 nitrogen and oxygen atoms in total. The Morgan fingerprint density at radius 3 is 2.76 bits per heavy atom. The van der Waals surface area contributed by atoms with Crippen molar-refractivity contribution in [2.75, 3.05) is 17.2 Å². The number of rotatable bonds is 5. The maximum Gasteiger partial charge on any atom is 0.258 e. The van der Waals surface area contributed by atoms with Crippen molar-refractivity contribution in [2.45, 2.75) is 6.92 Å². The summed E-state index contributed by atoms with van der Waals surface area (Å²) in [7, 11) is 0. The van der Waals surface area contributed by atoms with Crippen LogP contribution in [0.1, 0.15) is 15.9 Å². The summed E-state index contributed by atoms with van der Waals surface area (Å²) in [5.74, 6) is 0.168. The average molecular weight is 303 g/mol. The highest BCUT2D eigenvalue weighted by Gasteiger charge is 2.10. The summed E-state index contributed by atoms with van der Waals surface area (Å²) in [6.07, 6.45) is 4.63. The Hall–Kier alpha value is -2.40. The average Bonchev–Trinajstić information content (AvgIpc) is 2.50. The summed E-state index contributed by atoms with van der Waals surface area (Å²) >= 11 is 6.02. The zero-order valence-corrected chi connectivity index (χ0v) is 12.3. The van der Waals surface area contributed by atoms with E-state index in [1.807, 2.05) is 6.92 Å². The topological polar surface area (TPSA) is 66.9 Å². The predicted molar refractivity (Wildman–Crippen MR) is 84.9 cm³/mol. The SMILES string of the molecule is C=CCNc1ncc(C(=O)Nc2cccc(Cl)c2C)cn1. The van der Waals surface area contributed by atoms with Crippen molar-refractivity contribution in [1.29, 1.82) is 0 Å². The lowest BCUT2D eigenvalue weighted by atomic mass is 10.2. The van der Waals surface area contributed by atoms with Crippen LogP contribution in [0.4, 0.5) is 11.6 Å². The standard InChI is InChI=1S/C15H15ClN4O/c1-3-7-17-15-18-8-11(9-19-15)14(21)20-13-6-4-5-12(16)10(13)2/h3-6,8-9H,1,7H2,2H3,(H,20,21)(H,17,18,19). The first-order valence-corrected chi connectivity index (χ1v) is 6.73. The third-order valence-electron chi connectivity index (χ3n) is 2.83. The first-order chi connectivity index (χ1) is 10.1. The van der Waals surface area contributed by atoms with Crippen LogP contribution in [-0.2, 0) is 0 Å². The molecule has 0 saturated carbocycles. The molecule has 21 heavy (non-hydrogen) atoms. The summed E-state index contributed by atoms with van der Waals surface area (Å²) in [5, 5.41) is 6.33. The van der Waals surface area contributed by atoms with Crippen molar-refractivity contribution in [3.63, 3.8) is 0 Å². The number of hydrogen-bond donors (Lipinski definition) is 2. The van der Waals surface area contributed by atoms with Gasteiger partial charge in [-0.1, -0.05) is 23.7 Å². The fraction of sp³-hybridized carbons (Fsp3) is 0.133. The molecule has 108 valence electrons. The van der Waals surface area contributed by atoms with E-state index in [9.17, 15) is 4.79 Å². The third kappa shape index (κ3) is 3.79. The lowest BCUT2D eigenvalue weighted by Crippen LogP contribution is -2.14. The molecule has 1 aromatic heterocycles. The Labute approximate surface area is 128 Å². The van der Waals surface area contributed by atoms with Crippen molar-refractivity contribution < 1.29 is 4.79 Å². The zero-order chi connectivity index (χ0) is 15.2. The van der Waals surface area contributed by atoms with Gasteiger partial charge in [0.05, 0.1) is 5.56 Å². The molecule has 0 radical (unpaired) electrons. The molecule has 2 aromatic rings. The molecule has 0 aliphatic rings. The number of halogens is 1. The largest absolute Gasteiger partial charge is 0.351 e. The second kappa shape index (κ2) is 6.85. The number of carbonyl (C=O) groups excluding carboxylic acids is 1. The molecule has 0 unspecified atom stereocenters. The Morgan fingerprint density at radius 2 is 2.10 bits per heavy atom. The number of benzene rings is 1. The van der Waals surface area contributed by atoms with Gasteiger partial charge in [0.1, 0.15) is 0 Å². The quantitative estimate of drug-likeness (QED) is 0.832. The monoisotopic (exact) mass is 302 g/mol. The van der Waals surface area contributed by atoms with Crippen LogP contribution >= 0.6 is 11.6 Å². The van der Waals surface area contributed by atoms with E-state index in [1.54, 1.807) is 24.3 Å². The second-order valence-electron chi connectivity index (χ2n) is 4.33. The smallest absolute Gasteiger partial charge is 0.258 e.